The van der Waals surface area contributed by atoms with Crippen LogP contribution in [0.25, 0.3) is 11.4 Å². The molecule has 0 fully saturated rings. The molecule has 1 heterocycles. The zero-order valence-electron chi connectivity index (χ0n) is 12.4. The summed E-state index contributed by atoms with van der Waals surface area (Å²) in [6.45, 7) is 2.46. The summed E-state index contributed by atoms with van der Waals surface area (Å²) in [5.74, 6) is 0.240. The van der Waals surface area contributed by atoms with E-state index in [1.165, 1.54) is 0 Å². The molecule has 23 heavy (non-hydrogen) atoms. The van der Waals surface area contributed by atoms with Crippen molar-refractivity contribution >= 4 is 35.3 Å². The Hall–Kier alpha value is -2.06. The minimum Gasteiger partial charge on any atom is -0.338 e. The van der Waals surface area contributed by atoms with E-state index in [1.807, 2.05) is 19.1 Å². The van der Waals surface area contributed by atoms with E-state index in [2.05, 4.69) is 25.8 Å². The van der Waals surface area contributed by atoms with Crippen molar-refractivity contribution in [2.24, 2.45) is 0 Å². The molecule has 3 N–H and O–H groups in total. The summed E-state index contributed by atoms with van der Waals surface area (Å²) in [6, 6.07) is 6.67. The number of thioether (sulfide) groups is 1. The summed E-state index contributed by atoms with van der Waals surface area (Å²) < 4.78 is 0. The van der Waals surface area contributed by atoms with Gasteiger partial charge in [-0.1, -0.05) is 30.3 Å². The van der Waals surface area contributed by atoms with Gasteiger partial charge in [0.2, 0.25) is 11.1 Å². The molecule has 0 aliphatic carbocycles. The Balaban J connectivity index is 1.84. The number of aromatic amines is 1. The first-order chi connectivity index (χ1) is 11.1. The van der Waals surface area contributed by atoms with Crippen molar-refractivity contribution in [1.82, 2.24) is 25.8 Å². The van der Waals surface area contributed by atoms with Crippen LogP contribution in [-0.2, 0) is 4.79 Å². The molecule has 9 heteroatoms. The van der Waals surface area contributed by atoms with Gasteiger partial charge in [0.25, 0.3) is 0 Å². The molecule has 2 rings (SSSR count). The highest BCUT2D eigenvalue weighted by Gasteiger charge is 2.11. The van der Waals surface area contributed by atoms with Crippen LogP contribution in [0.3, 0.4) is 0 Å². The Morgan fingerprint density at radius 2 is 2.04 bits per heavy atom. The van der Waals surface area contributed by atoms with E-state index in [9.17, 15) is 9.59 Å². The highest BCUT2D eigenvalue weighted by Crippen LogP contribution is 2.20. The summed E-state index contributed by atoms with van der Waals surface area (Å²) >= 11 is 6.98. The SMILES string of the molecule is CCCNC(=O)NC(=O)CSc1n[nH]c(-c2ccc(Cl)cc2)n1. The minimum absolute atomic E-state index is 0.0530. The van der Waals surface area contributed by atoms with E-state index in [1.54, 1.807) is 12.1 Å². The molecule has 0 atom stereocenters. The predicted octanol–water partition coefficient (Wildman–Crippen LogP) is 2.45. The highest BCUT2D eigenvalue weighted by molar-refractivity contribution is 7.99. The lowest BCUT2D eigenvalue weighted by Gasteiger charge is -2.04. The quantitative estimate of drug-likeness (QED) is 0.693. The van der Waals surface area contributed by atoms with Crippen LogP contribution in [0.1, 0.15) is 13.3 Å². The van der Waals surface area contributed by atoms with Gasteiger partial charge < -0.3 is 5.32 Å². The molecule has 0 radical (unpaired) electrons. The van der Waals surface area contributed by atoms with E-state index in [0.29, 0.717) is 22.5 Å². The van der Waals surface area contributed by atoms with Gasteiger partial charge in [-0.05, 0) is 30.7 Å². The third-order valence-electron chi connectivity index (χ3n) is 2.70. The molecule has 2 aromatic rings. The number of rotatable bonds is 6. The average Bonchev–Trinajstić information content (AvgIpc) is 3.00. The Bertz CT molecular complexity index is 674. The maximum atomic E-state index is 11.6. The first-order valence-electron chi connectivity index (χ1n) is 6.97. The molecule has 3 amide bonds. The maximum Gasteiger partial charge on any atom is 0.321 e. The van der Waals surface area contributed by atoms with Crippen LogP contribution in [0, 0.1) is 0 Å². The Morgan fingerprint density at radius 1 is 1.30 bits per heavy atom. The zero-order chi connectivity index (χ0) is 16.7. The van der Waals surface area contributed by atoms with Crippen LogP contribution in [-0.4, -0.2) is 39.4 Å². The molecule has 0 saturated carbocycles. The number of hydrogen-bond donors (Lipinski definition) is 3. The maximum absolute atomic E-state index is 11.6. The van der Waals surface area contributed by atoms with Gasteiger partial charge in [0.05, 0.1) is 5.75 Å². The third-order valence-corrected chi connectivity index (χ3v) is 3.80. The molecule has 0 unspecified atom stereocenters. The molecule has 1 aromatic heterocycles. The van der Waals surface area contributed by atoms with Crippen LogP contribution in [0.15, 0.2) is 29.4 Å². The second-order valence-electron chi connectivity index (χ2n) is 4.57. The minimum atomic E-state index is -0.491. The van der Waals surface area contributed by atoms with Gasteiger partial charge in [0.15, 0.2) is 5.82 Å². The van der Waals surface area contributed by atoms with E-state index < -0.39 is 11.9 Å². The van der Waals surface area contributed by atoms with Crippen LogP contribution in [0.2, 0.25) is 5.02 Å². The molecule has 0 saturated heterocycles. The monoisotopic (exact) mass is 353 g/mol. The number of aromatic nitrogens is 3. The van der Waals surface area contributed by atoms with Gasteiger partial charge in [0.1, 0.15) is 0 Å². The van der Waals surface area contributed by atoms with Gasteiger partial charge in [-0.15, -0.1) is 5.10 Å². The molecule has 122 valence electrons. The van der Waals surface area contributed by atoms with Crippen molar-refractivity contribution in [3.8, 4) is 11.4 Å². The van der Waals surface area contributed by atoms with Crippen molar-refractivity contribution in [3.63, 3.8) is 0 Å². The summed E-state index contributed by atoms with van der Waals surface area (Å²) in [5.41, 5.74) is 0.845. The van der Waals surface area contributed by atoms with Crippen molar-refractivity contribution in [3.05, 3.63) is 29.3 Å². The van der Waals surface area contributed by atoms with Crippen molar-refractivity contribution in [1.29, 1.82) is 0 Å². The van der Waals surface area contributed by atoms with Crippen molar-refractivity contribution in [2.45, 2.75) is 18.5 Å². The molecular formula is C14H16ClN5O2S. The van der Waals surface area contributed by atoms with Gasteiger partial charge in [-0.2, -0.15) is 0 Å². The van der Waals surface area contributed by atoms with Gasteiger partial charge in [-0.25, -0.2) is 9.78 Å². The first kappa shape index (κ1) is 17.3. The summed E-state index contributed by atoms with van der Waals surface area (Å²) in [5, 5.41) is 12.7. The first-order valence-corrected chi connectivity index (χ1v) is 8.33. The molecule has 0 bridgehead atoms. The van der Waals surface area contributed by atoms with Crippen LogP contribution < -0.4 is 10.6 Å². The number of carbonyl (C=O) groups is 2. The standard InChI is InChI=1S/C14H16ClN5O2S/c1-2-7-16-13(22)17-11(21)8-23-14-18-12(19-20-14)9-3-5-10(15)6-4-9/h3-6H,2,7-8H2,1H3,(H,18,19,20)(H2,16,17,21,22). The van der Waals surface area contributed by atoms with Crippen LogP contribution >= 0.6 is 23.4 Å². The predicted molar refractivity (Wildman–Crippen MR) is 89.4 cm³/mol. The van der Waals surface area contributed by atoms with E-state index >= 15 is 0 Å². The lowest BCUT2D eigenvalue weighted by Crippen LogP contribution is -2.40. The number of imide groups is 1. The second-order valence-corrected chi connectivity index (χ2v) is 5.95. The number of amides is 3. The number of benzene rings is 1. The summed E-state index contributed by atoms with van der Waals surface area (Å²) in [7, 11) is 0. The molecular weight excluding hydrogens is 338 g/mol. The number of halogens is 1. The number of H-pyrrole nitrogens is 1. The number of nitrogens with zero attached hydrogens (tertiary/aromatic N) is 2. The van der Waals surface area contributed by atoms with Gasteiger partial charge >= 0.3 is 6.03 Å². The Labute approximate surface area is 142 Å². The fourth-order valence-electron chi connectivity index (χ4n) is 1.62. The third kappa shape index (κ3) is 5.57. The van der Waals surface area contributed by atoms with Crippen molar-refractivity contribution in [2.75, 3.05) is 12.3 Å². The topological polar surface area (TPSA) is 99.8 Å². The number of nitrogens with one attached hydrogen (secondary N) is 3. The number of carbonyl (C=O) groups excluding carboxylic acids is 2. The highest BCUT2D eigenvalue weighted by atomic mass is 35.5. The lowest BCUT2D eigenvalue weighted by atomic mass is 10.2. The molecule has 7 nitrogen and oxygen atoms in total. The molecule has 1 aromatic carbocycles. The molecule has 0 spiro atoms. The summed E-state index contributed by atoms with van der Waals surface area (Å²) in [4.78, 5) is 27.3. The van der Waals surface area contributed by atoms with E-state index in [-0.39, 0.29) is 5.75 Å². The normalized spacial score (nSPS) is 10.3. The molecule has 0 aliphatic heterocycles. The second kappa shape index (κ2) is 8.54. The lowest BCUT2D eigenvalue weighted by molar-refractivity contribution is -0.117. The van der Waals surface area contributed by atoms with Crippen molar-refractivity contribution < 1.29 is 9.59 Å². The van der Waals surface area contributed by atoms with E-state index in [0.717, 1.165) is 23.7 Å². The van der Waals surface area contributed by atoms with E-state index in [4.69, 9.17) is 11.6 Å². The largest absolute Gasteiger partial charge is 0.338 e. The molecule has 0 aliphatic rings. The average molecular weight is 354 g/mol. The number of urea groups is 1. The Kier molecular flexibility index (Phi) is 6.42. The van der Waals surface area contributed by atoms with Crippen LogP contribution in [0.4, 0.5) is 4.79 Å². The Morgan fingerprint density at radius 3 is 2.74 bits per heavy atom. The smallest absolute Gasteiger partial charge is 0.321 e. The fourth-order valence-corrected chi connectivity index (χ4v) is 2.35. The number of hydrogen-bond acceptors (Lipinski definition) is 5. The fraction of sp³-hybridized carbons (Fsp3) is 0.286. The summed E-state index contributed by atoms with van der Waals surface area (Å²) in [6.07, 6.45) is 0.807. The van der Waals surface area contributed by atoms with Crippen LogP contribution in [0.5, 0.6) is 0 Å². The van der Waals surface area contributed by atoms with Gasteiger partial charge in [-0.3, -0.25) is 15.2 Å². The van der Waals surface area contributed by atoms with Gasteiger partial charge in [0, 0.05) is 17.1 Å². The zero-order valence-corrected chi connectivity index (χ0v) is 14.0.